The lowest BCUT2D eigenvalue weighted by molar-refractivity contribution is -0.124. The van der Waals surface area contributed by atoms with Crippen molar-refractivity contribution in [2.45, 2.75) is 24.3 Å². The lowest BCUT2D eigenvalue weighted by Gasteiger charge is -2.16. The van der Waals surface area contributed by atoms with Crippen LogP contribution < -0.4 is 10.0 Å². The minimum Gasteiger partial charge on any atom is -0.449 e. The Morgan fingerprint density at radius 1 is 1.06 bits per heavy atom. The molecule has 0 saturated heterocycles. The van der Waals surface area contributed by atoms with Crippen molar-refractivity contribution in [3.05, 3.63) is 78.8 Å². The van der Waals surface area contributed by atoms with Crippen molar-refractivity contribution in [2.24, 2.45) is 0 Å². The van der Waals surface area contributed by atoms with Gasteiger partial charge < -0.3 is 14.5 Å². The Balaban J connectivity index is 1.40. The summed E-state index contributed by atoms with van der Waals surface area (Å²) in [5.41, 5.74) is 1.62. The number of sulfonamides is 1. The summed E-state index contributed by atoms with van der Waals surface area (Å²) in [6.45, 7) is 1.71. The number of fused-ring (bicyclic) bond motifs is 1. The fourth-order valence-electron chi connectivity index (χ4n) is 3.06. The summed E-state index contributed by atoms with van der Waals surface area (Å²) < 4.78 is 37.9. The van der Waals surface area contributed by atoms with Gasteiger partial charge in [-0.3, -0.25) is 9.52 Å². The van der Waals surface area contributed by atoms with E-state index in [0.717, 1.165) is 0 Å². The number of benzene rings is 2. The molecule has 4 aromatic rings. The third kappa shape index (κ3) is 5.21. The number of esters is 1. The molecule has 0 aliphatic carbocycles. The summed E-state index contributed by atoms with van der Waals surface area (Å²) in [5.74, 6) is -1.02. The Bertz CT molecular complexity index is 1420. The number of hydrogen-bond acceptors (Lipinski definition) is 8. The van der Waals surface area contributed by atoms with E-state index in [4.69, 9.17) is 9.15 Å². The highest BCUT2D eigenvalue weighted by atomic mass is 32.2. The van der Waals surface area contributed by atoms with Crippen LogP contribution in [0, 0.1) is 0 Å². The standard InChI is InChI=1S/C23H20N4O6S/c1-2-19(33-23(29)15-6-11-20-18(13-15)25-14-32-20)22(28)26-16-7-9-17(10-8-16)34(30,31)27-21-5-3-4-12-24-21/h3-14,19H,2H2,1H3,(H,24,27)(H,26,28). The zero-order valence-electron chi connectivity index (χ0n) is 18.0. The first kappa shape index (κ1) is 22.9. The minimum absolute atomic E-state index is 0.00197. The van der Waals surface area contributed by atoms with E-state index in [2.05, 4.69) is 20.0 Å². The molecule has 2 aromatic carbocycles. The maximum atomic E-state index is 12.7. The van der Waals surface area contributed by atoms with E-state index in [1.165, 1.54) is 55.1 Å². The van der Waals surface area contributed by atoms with Gasteiger partial charge in [-0.05, 0) is 61.0 Å². The van der Waals surface area contributed by atoms with Crippen molar-refractivity contribution in [3.63, 3.8) is 0 Å². The van der Waals surface area contributed by atoms with Crippen LogP contribution in [0.25, 0.3) is 11.1 Å². The summed E-state index contributed by atoms with van der Waals surface area (Å²) in [4.78, 5) is 33.1. The SMILES string of the molecule is CCC(OC(=O)c1ccc2ocnc2c1)C(=O)Nc1ccc(S(=O)(=O)Nc2ccccn2)cc1. The van der Waals surface area contributed by atoms with Crippen molar-refractivity contribution in [3.8, 4) is 0 Å². The number of carbonyl (C=O) groups is 2. The number of hydrogen-bond donors (Lipinski definition) is 2. The number of amides is 1. The van der Waals surface area contributed by atoms with Gasteiger partial charge in [0.1, 0.15) is 11.3 Å². The first-order valence-corrected chi connectivity index (χ1v) is 11.7. The maximum Gasteiger partial charge on any atom is 0.338 e. The molecule has 2 heterocycles. The lowest BCUT2D eigenvalue weighted by atomic mass is 10.2. The average Bonchev–Trinajstić information content (AvgIpc) is 3.31. The summed E-state index contributed by atoms with van der Waals surface area (Å²) in [5, 5.41) is 2.63. The van der Waals surface area contributed by atoms with Crippen molar-refractivity contribution >= 4 is 44.5 Å². The highest BCUT2D eigenvalue weighted by molar-refractivity contribution is 7.92. The summed E-state index contributed by atoms with van der Waals surface area (Å²) in [7, 11) is -3.84. The number of rotatable bonds is 8. The molecular weight excluding hydrogens is 460 g/mol. The molecule has 1 amide bonds. The maximum absolute atomic E-state index is 12.7. The van der Waals surface area contributed by atoms with Gasteiger partial charge in [-0.2, -0.15) is 0 Å². The predicted octanol–water partition coefficient (Wildman–Crippen LogP) is 3.60. The van der Waals surface area contributed by atoms with Gasteiger partial charge in [-0.15, -0.1) is 0 Å². The van der Waals surface area contributed by atoms with Gasteiger partial charge in [-0.1, -0.05) is 13.0 Å². The number of anilines is 2. The molecule has 0 saturated carbocycles. The predicted molar refractivity (Wildman–Crippen MR) is 124 cm³/mol. The Morgan fingerprint density at radius 2 is 1.85 bits per heavy atom. The lowest BCUT2D eigenvalue weighted by Crippen LogP contribution is -2.32. The molecular formula is C23H20N4O6S. The van der Waals surface area contributed by atoms with E-state index in [0.29, 0.717) is 16.8 Å². The molecule has 0 fully saturated rings. The van der Waals surface area contributed by atoms with Crippen LogP contribution in [0.3, 0.4) is 0 Å². The van der Waals surface area contributed by atoms with Crippen LogP contribution in [0.1, 0.15) is 23.7 Å². The Labute approximate surface area is 195 Å². The van der Waals surface area contributed by atoms with Crippen LogP contribution in [0.4, 0.5) is 11.5 Å². The van der Waals surface area contributed by atoms with E-state index in [9.17, 15) is 18.0 Å². The smallest absolute Gasteiger partial charge is 0.338 e. The number of ether oxygens (including phenoxy) is 1. The molecule has 0 aliphatic heterocycles. The zero-order valence-corrected chi connectivity index (χ0v) is 18.8. The van der Waals surface area contributed by atoms with Gasteiger partial charge in [0, 0.05) is 11.9 Å². The van der Waals surface area contributed by atoms with E-state index < -0.39 is 28.0 Å². The normalized spacial score (nSPS) is 12.1. The molecule has 0 bridgehead atoms. The second-order valence-corrected chi connectivity index (χ2v) is 8.85. The van der Waals surface area contributed by atoms with Crippen LogP contribution in [0.15, 0.2) is 82.6 Å². The number of oxazole rings is 1. The second kappa shape index (κ2) is 9.71. The van der Waals surface area contributed by atoms with Gasteiger partial charge in [0.15, 0.2) is 18.1 Å². The van der Waals surface area contributed by atoms with Gasteiger partial charge in [-0.25, -0.2) is 23.2 Å². The number of nitrogens with one attached hydrogen (secondary N) is 2. The van der Waals surface area contributed by atoms with Crippen LogP contribution in [-0.2, 0) is 19.6 Å². The quantitative estimate of drug-likeness (QED) is 0.365. The monoisotopic (exact) mass is 480 g/mol. The molecule has 34 heavy (non-hydrogen) atoms. The Kier molecular flexibility index (Phi) is 6.55. The molecule has 1 atom stereocenters. The van der Waals surface area contributed by atoms with Gasteiger partial charge in [0.25, 0.3) is 15.9 Å². The number of carbonyl (C=O) groups excluding carboxylic acids is 2. The van der Waals surface area contributed by atoms with Gasteiger partial charge in [0.05, 0.1) is 10.5 Å². The van der Waals surface area contributed by atoms with Crippen molar-refractivity contribution in [1.29, 1.82) is 0 Å². The fraction of sp³-hybridized carbons (Fsp3) is 0.130. The fourth-order valence-corrected chi connectivity index (χ4v) is 4.07. The summed E-state index contributed by atoms with van der Waals surface area (Å²) >= 11 is 0. The zero-order chi connectivity index (χ0) is 24.1. The van der Waals surface area contributed by atoms with Crippen LogP contribution >= 0.6 is 0 Å². The summed E-state index contributed by atoms with van der Waals surface area (Å²) in [6.07, 6.45) is 1.94. The van der Waals surface area contributed by atoms with Crippen molar-refractivity contribution < 1.29 is 27.2 Å². The van der Waals surface area contributed by atoms with E-state index in [1.54, 1.807) is 25.1 Å². The van der Waals surface area contributed by atoms with Crippen molar-refractivity contribution in [1.82, 2.24) is 9.97 Å². The van der Waals surface area contributed by atoms with E-state index in [1.807, 2.05) is 0 Å². The van der Waals surface area contributed by atoms with Crippen LogP contribution in [0.5, 0.6) is 0 Å². The van der Waals surface area contributed by atoms with Crippen molar-refractivity contribution in [2.75, 3.05) is 10.0 Å². The van der Waals surface area contributed by atoms with Gasteiger partial charge >= 0.3 is 5.97 Å². The molecule has 0 radical (unpaired) electrons. The molecule has 174 valence electrons. The molecule has 4 rings (SSSR count). The molecule has 10 nitrogen and oxygen atoms in total. The van der Waals surface area contributed by atoms with E-state index >= 15 is 0 Å². The van der Waals surface area contributed by atoms with Crippen LogP contribution in [-0.4, -0.2) is 36.4 Å². The number of nitrogens with zero attached hydrogens (tertiary/aromatic N) is 2. The number of pyridine rings is 1. The first-order chi connectivity index (χ1) is 16.4. The molecule has 0 aliphatic rings. The van der Waals surface area contributed by atoms with Gasteiger partial charge in [0.2, 0.25) is 0 Å². The molecule has 11 heteroatoms. The molecule has 2 aromatic heterocycles. The highest BCUT2D eigenvalue weighted by Crippen LogP contribution is 2.19. The third-order valence-electron chi connectivity index (χ3n) is 4.81. The molecule has 1 unspecified atom stereocenters. The molecule has 2 N–H and O–H groups in total. The van der Waals surface area contributed by atoms with Crippen LogP contribution in [0.2, 0.25) is 0 Å². The number of aromatic nitrogens is 2. The Hall–Kier alpha value is -4.25. The topological polar surface area (TPSA) is 140 Å². The largest absolute Gasteiger partial charge is 0.449 e. The third-order valence-corrected chi connectivity index (χ3v) is 6.19. The molecule has 0 spiro atoms. The highest BCUT2D eigenvalue weighted by Gasteiger charge is 2.23. The Morgan fingerprint density at radius 3 is 2.56 bits per heavy atom. The minimum atomic E-state index is -3.84. The van der Waals surface area contributed by atoms with E-state index in [-0.39, 0.29) is 22.7 Å². The first-order valence-electron chi connectivity index (χ1n) is 10.2. The average molecular weight is 481 g/mol. The second-order valence-electron chi connectivity index (χ2n) is 7.17. The summed E-state index contributed by atoms with van der Waals surface area (Å²) in [6, 6.07) is 15.1.